The average Bonchev–Trinajstić information content (AvgIpc) is 3.34. The first kappa shape index (κ1) is 22.9. The Balaban J connectivity index is 1.30. The Morgan fingerprint density at radius 2 is 1.44 bits per heavy atom. The van der Waals surface area contributed by atoms with E-state index in [1.165, 1.54) is 35.6 Å². The molecule has 0 atom stereocenters. The molecule has 1 heterocycles. The molecule has 0 unspecified atom stereocenters. The summed E-state index contributed by atoms with van der Waals surface area (Å²) >= 11 is 1.29. The Kier molecular flexibility index (Phi) is 7.14. The van der Waals surface area contributed by atoms with Crippen molar-refractivity contribution in [3.05, 3.63) is 100 Å². The third kappa shape index (κ3) is 5.96. The number of rotatable bonds is 8. The van der Waals surface area contributed by atoms with Crippen LogP contribution in [-0.4, -0.2) is 23.9 Å². The fraction of sp³-hybridized carbons (Fsp3) is 0.0800. The highest BCUT2D eigenvalue weighted by Crippen LogP contribution is 2.19. The third-order valence-corrected chi connectivity index (χ3v) is 5.54. The van der Waals surface area contributed by atoms with Gasteiger partial charge in [-0.2, -0.15) is 0 Å². The number of nitrogens with zero attached hydrogens (tertiary/aromatic N) is 1. The minimum Gasteiger partial charge on any atom is -0.497 e. The fourth-order valence-corrected chi connectivity index (χ4v) is 3.62. The molecule has 0 fully saturated rings. The molecule has 34 heavy (non-hydrogen) atoms. The molecule has 0 saturated carbocycles. The molecule has 0 aliphatic carbocycles. The van der Waals surface area contributed by atoms with Gasteiger partial charge < -0.3 is 20.1 Å². The van der Waals surface area contributed by atoms with E-state index in [0.29, 0.717) is 33.4 Å². The Morgan fingerprint density at radius 1 is 0.853 bits per heavy atom. The van der Waals surface area contributed by atoms with Crippen LogP contribution >= 0.6 is 11.3 Å². The number of anilines is 2. The molecule has 3 aromatic carbocycles. The number of carbonyl (C=O) groups excluding carboxylic acids is 2. The van der Waals surface area contributed by atoms with E-state index in [1.807, 2.05) is 0 Å². The van der Waals surface area contributed by atoms with Crippen molar-refractivity contribution in [1.82, 2.24) is 4.98 Å². The van der Waals surface area contributed by atoms with Gasteiger partial charge in [-0.3, -0.25) is 9.59 Å². The summed E-state index contributed by atoms with van der Waals surface area (Å²) in [5, 5.41) is 7.81. The van der Waals surface area contributed by atoms with Gasteiger partial charge in [0.1, 0.15) is 34.6 Å². The summed E-state index contributed by atoms with van der Waals surface area (Å²) in [5.41, 5.74) is 1.88. The van der Waals surface area contributed by atoms with Gasteiger partial charge in [0.2, 0.25) is 0 Å². The van der Waals surface area contributed by atoms with Gasteiger partial charge in [-0.25, -0.2) is 9.37 Å². The lowest BCUT2D eigenvalue weighted by Crippen LogP contribution is -2.14. The van der Waals surface area contributed by atoms with Crippen molar-refractivity contribution >= 4 is 34.5 Å². The smallest absolute Gasteiger partial charge is 0.275 e. The lowest BCUT2D eigenvalue weighted by molar-refractivity contribution is 0.101. The molecule has 172 valence electrons. The highest BCUT2D eigenvalue weighted by atomic mass is 32.1. The highest BCUT2D eigenvalue weighted by molar-refractivity contribution is 7.09. The van der Waals surface area contributed by atoms with Crippen molar-refractivity contribution in [2.24, 2.45) is 0 Å². The molecule has 2 N–H and O–H groups in total. The van der Waals surface area contributed by atoms with E-state index in [0.717, 1.165) is 0 Å². The van der Waals surface area contributed by atoms with Gasteiger partial charge in [0, 0.05) is 22.3 Å². The number of nitrogens with one attached hydrogen (secondary N) is 2. The number of benzene rings is 3. The normalized spacial score (nSPS) is 10.4. The molecule has 0 aliphatic heterocycles. The molecular weight excluding hydrogens is 457 g/mol. The van der Waals surface area contributed by atoms with Gasteiger partial charge in [0.15, 0.2) is 0 Å². The van der Waals surface area contributed by atoms with E-state index in [4.69, 9.17) is 9.47 Å². The molecule has 0 saturated heterocycles. The Bertz CT molecular complexity index is 1270. The number of ether oxygens (including phenoxy) is 2. The van der Waals surface area contributed by atoms with Crippen molar-refractivity contribution in [2.75, 3.05) is 17.7 Å². The fourth-order valence-electron chi connectivity index (χ4n) is 2.94. The van der Waals surface area contributed by atoms with Crippen molar-refractivity contribution < 1.29 is 23.5 Å². The first-order valence-electron chi connectivity index (χ1n) is 10.2. The van der Waals surface area contributed by atoms with Crippen LogP contribution in [0.4, 0.5) is 15.8 Å². The van der Waals surface area contributed by atoms with E-state index in [9.17, 15) is 14.0 Å². The van der Waals surface area contributed by atoms with E-state index < -0.39 is 0 Å². The zero-order valence-corrected chi connectivity index (χ0v) is 18.9. The summed E-state index contributed by atoms with van der Waals surface area (Å²) in [6, 6.07) is 19.2. The van der Waals surface area contributed by atoms with Gasteiger partial charge in [-0.05, 0) is 72.8 Å². The van der Waals surface area contributed by atoms with Crippen LogP contribution in [0, 0.1) is 5.82 Å². The largest absolute Gasteiger partial charge is 0.497 e. The zero-order chi connectivity index (χ0) is 23.9. The van der Waals surface area contributed by atoms with Crippen molar-refractivity contribution in [3.8, 4) is 11.5 Å². The Morgan fingerprint density at radius 3 is 2.09 bits per heavy atom. The van der Waals surface area contributed by atoms with Crippen LogP contribution in [0.3, 0.4) is 0 Å². The lowest BCUT2D eigenvalue weighted by atomic mass is 10.2. The molecule has 4 rings (SSSR count). The number of carbonyl (C=O) groups is 2. The molecule has 0 spiro atoms. The van der Waals surface area contributed by atoms with Crippen LogP contribution in [0.5, 0.6) is 11.5 Å². The molecule has 2 amide bonds. The number of thiazole rings is 1. The molecule has 1 aromatic heterocycles. The predicted molar refractivity (Wildman–Crippen MR) is 128 cm³/mol. The van der Waals surface area contributed by atoms with E-state index in [2.05, 4.69) is 15.6 Å². The van der Waals surface area contributed by atoms with E-state index >= 15 is 0 Å². The maximum atomic E-state index is 13.0. The maximum Gasteiger partial charge on any atom is 0.275 e. The molecule has 0 radical (unpaired) electrons. The summed E-state index contributed by atoms with van der Waals surface area (Å²) in [7, 11) is 1.58. The van der Waals surface area contributed by atoms with Crippen LogP contribution in [0.1, 0.15) is 25.9 Å². The summed E-state index contributed by atoms with van der Waals surface area (Å²) in [4.78, 5) is 29.2. The monoisotopic (exact) mass is 477 g/mol. The van der Waals surface area contributed by atoms with Gasteiger partial charge in [0.05, 0.1) is 7.11 Å². The van der Waals surface area contributed by atoms with Crippen molar-refractivity contribution in [3.63, 3.8) is 0 Å². The third-order valence-electron chi connectivity index (χ3n) is 4.71. The van der Waals surface area contributed by atoms with Crippen LogP contribution in [0.15, 0.2) is 78.2 Å². The van der Waals surface area contributed by atoms with Gasteiger partial charge >= 0.3 is 0 Å². The van der Waals surface area contributed by atoms with E-state index in [-0.39, 0.29) is 29.9 Å². The summed E-state index contributed by atoms with van der Waals surface area (Å²) in [5.74, 6) is 0.226. The lowest BCUT2D eigenvalue weighted by Gasteiger charge is -2.08. The van der Waals surface area contributed by atoms with Gasteiger partial charge in [-0.1, -0.05) is 0 Å². The number of methoxy groups -OCH3 is 1. The number of aromatic nitrogens is 1. The van der Waals surface area contributed by atoms with E-state index in [1.54, 1.807) is 61.0 Å². The number of amides is 2. The van der Waals surface area contributed by atoms with Crippen LogP contribution in [0.25, 0.3) is 0 Å². The minimum atomic E-state index is -0.375. The van der Waals surface area contributed by atoms with Crippen molar-refractivity contribution in [2.45, 2.75) is 6.61 Å². The molecule has 7 nitrogen and oxygen atoms in total. The van der Waals surface area contributed by atoms with Crippen LogP contribution in [-0.2, 0) is 6.61 Å². The molecular formula is C25H20FN3O4S. The topological polar surface area (TPSA) is 89.6 Å². The Labute approximate surface area is 199 Å². The highest BCUT2D eigenvalue weighted by Gasteiger charge is 2.13. The maximum absolute atomic E-state index is 13.0. The first-order chi connectivity index (χ1) is 16.5. The number of hydrogen-bond donors (Lipinski definition) is 2. The zero-order valence-electron chi connectivity index (χ0n) is 18.1. The standard InChI is InChI=1S/C25H20FN3O4S/c1-32-20-12-8-19(9-13-20)27-24(30)16-2-6-18(7-3-16)28-25(31)22-15-34-23(29-22)14-33-21-10-4-17(26)5-11-21/h2-13,15H,14H2,1H3,(H,27,30)(H,28,31). The molecule has 0 aliphatic rings. The quantitative estimate of drug-likeness (QED) is 0.356. The molecule has 0 bridgehead atoms. The average molecular weight is 478 g/mol. The second-order valence-electron chi connectivity index (χ2n) is 7.08. The summed E-state index contributed by atoms with van der Waals surface area (Å²) in [6.45, 7) is 0.168. The van der Waals surface area contributed by atoms with Crippen molar-refractivity contribution in [1.29, 1.82) is 0 Å². The van der Waals surface area contributed by atoms with Crippen LogP contribution < -0.4 is 20.1 Å². The minimum absolute atomic E-state index is 0.168. The van der Waals surface area contributed by atoms with Crippen LogP contribution in [0.2, 0.25) is 0 Å². The summed E-state index contributed by atoms with van der Waals surface area (Å²) in [6.07, 6.45) is 0. The second kappa shape index (κ2) is 10.6. The first-order valence-corrected chi connectivity index (χ1v) is 11.1. The second-order valence-corrected chi connectivity index (χ2v) is 8.03. The SMILES string of the molecule is COc1ccc(NC(=O)c2ccc(NC(=O)c3csc(COc4ccc(F)cc4)n3)cc2)cc1. The Hall–Kier alpha value is -4.24. The van der Waals surface area contributed by atoms with Gasteiger partial charge in [-0.15, -0.1) is 11.3 Å². The molecule has 9 heteroatoms. The predicted octanol–water partition coefficient (Wildman–Crippen LogP) is 5.37. The van der Waals surface area contributed by atoms with Gasteiger partial charge in [0.25, 0.3) is 11.8 Å². The molecule has 4 aromatic rings. The number of halogens is 1. The number of hydrogen-bond acceptors (Lipinski definition) is 6. The summed E-state index contributed by atoms with van der Waals surface area (Å²) < 4.78 is 23.6.